The number of hydrogen-bond donors (Lipinski definition) is 1. The van der Waals surface area contributed by atoms with Gasteiger partial charge >= 0.3 is 5.97 Å². The molecule has 0 aliphatic heterocycles. The van der Waals surface area contributed by atoms with E-state index in [9.17, 15) is 14.7 Å². The van der Waals surface area contributed by atoms with Gasteiger partial charge in [0, 0.05) is 0 Å². The molecular formula is C36H68O4. The molecule has 4 nitrogen and oxygen atoms in total. The lowest BCUT2D eigenvalue weighted by atomic mass is 9.97. The van der Waals surface area contributed by atoms with E-state index in [1.807, 2.05) is 0 Å². The van der Waals surface area contributed by atoms with E-state index < -0.39 is 5.92 Å². The molecular weight excluding hydrogens is 496 g/mol. The second kappa shape index (κ2) is 30.8. The highest BCUT2D eigenvalue weighted by Gasteiger charge is 2.24. The molecule has 0 radical (unpaired) electrons. The van der Waals surface area contributed by atoms with Crippen LogP contribution in [0.1, 0.15) is 188 Å². The Morgan fingerprint density at radius 1 is 0.600 bits per heavy atom. The number of carbonyl (C=O) groups is 2. The van der Waals surface area contributed by atoms with Gasteiger partial charge in [0.15, 0.2) is 0 Å². The summed E-state index contributed by atoms with van der Waals surface area (Å²) in [6, 6.07) is 0. The van der Waals surface area contributed by atoms with Crippen LogP contribution in [0.2, 0.25) is 0 Å². The summed E-state index contributed by atoms with van der Waals surface area (Å²) < 4.78 is 5.46. The molecule has 0 spiro atoms. The Hall–Kier alpha value is -1.16. The SMILES string of the molecule is CCCCCCCCCCCCCCCCOC(=O)C(CCCCCC/C=C\C[C@H](O)CCCCCC)C(C)=O. The average molecular weight is 565 g/mol. The number of allylic oxidation sites excluding steroid dienone is 1. The van der Waals surface area contributed by atoms with Crippen LogP contribution in [0.25, 0.3) is 0 Å². The van der Waals surface area contributed by atoms with Gasteiger partial charge in [-0.1, -0.05) is 154 Å². The predicted molar refractivity (Wildman–Crippen MR) is 172 cm³/mol. The highest BCUT2D eigenvalue weighted by atomic mass is 16.5. The zero-order chi connectivity index (χ0) is 29.5. The Labute approximate surface area is 249 Å². The summed E-state index contributed by atoms with van der Waals surface area (Å²) >= 11 is 0. The lowest BCUT2D eigenvalue weighted by Crippen LogP contribution is -2.24. The van der Waals surface area contributed by atoms with Gasteiger partial charge in [0.2, 0.25) is 0 Å². The van der Waals surface area contributed by atoms with E-state index >= 15 is 0 Å². The smallest absolute Gasteiger partial charge is 0.316 e. The van der Waals surface area contributed by atoms with Crippen LogP contribution in [0, 0.1) is 5.92 Å². The number of carbonyl (C=O) groups excluding carboxylic acids is 2. The third-order valence-electron chi connectivity index (χ3n) is 8.10. The van der Waals surface area contributed by atoms with Crippen LogP contribution in [-0.4, -0.2) is 29.6 Å². The van der Waals surface area contributed by atoms with Crippen LogP contribution >= 0.6 is 0 Å². The molecule has 0 saturated heterocycles. The molecule has 4 heteroatoms. The summed E-state index contributed by atoms with van der Waals surface area (Å²) in [5, 5.41) is 10.0. The van der Waals surface area contributed by atoms with Gasteiger partial charge in [-0.25, -0.2) is 0 Å². The van der Waals surface area contributed by atoms with Gasteiger partial charge < -0.3 is 9.84 Å². The molecule has 0 aromatic carbocycles. The van der Waals surface area contributed by atoms with Crippen molar-refractivity contribution in [3.63, 3.8) is 0 Å². The molecule has 40 heavy (non-hydrogen) atoms. The Morgan fingerprint density at radius 2 is 1.05 bits per heavy atom. The molecule has 0 fully saturated rings. The summed E-state index contributed by atoms with van der Waals surface area (Å²) in [7, 11) is 0. The topological polar surface area (TPSA) is 63.6 Å². The molecule has 0 aromatic rings. The van der Waals surface area contributed by atoms with Crippen molar-refractivity contribution in [1.82, 2.24) is 0 Å². The van der Waals surface area contributed by atoms with Crippen molar-refractivity contribution in [3.05, 3.63) is 12.2 Å². The van der Waals surface area contributed by atoms with Crippen molar-refractivity contribution in [3.8, 4) is 0 Å². The molecule has 0 saturated carbocycles. The van der Waals surface area contributed by atoms with E-state index in [1.54, 1.807) is 0 Å². The first-order valence-corrected chi connectivity index (χ1v) is 17.5. The number of Topliss-reactive ketones (excluding diaryl/α,β-unsaturated/α-hetero) is 1. The molecule has 0 aliphatic carbocycles. The van der Waals surface area contributed by atoms with Crippen molar-refractivity contribution in [2.75, 3.05) is 6.61 Å². The monoisotopic (exact) mass is 565 g/mol. The molecule has 0 aromatic heterocycles. The van der Waals surface area contributed by atoms with E-state index in [0.29, 0.717) is 13.0 Å². The van der Waals surface area contributed by atoms with Crippen molar-refractivity contribution in [2.45, 2.75) is 194 Å². The summed E-state index contributed by atoms with van der Waals surface area (Å²) in [6.45, 7) is 6.44. The van der Waals surface area contributed by atoms with E-state index in [2.05, 4.69) is 26.0 Å². The number of aliphatic hydroxyl groups is 1. The Kier molecular flexibility index (Phi) is 29.9. The molecule has 1 unspecified atom stereocenters. The first kappa shape index (κ1) is 38.8. The van der Waals surface area contributed by atoms with Gasteiger partial charge in [0.1, 0.15) is 11.7 Å². The van der Waals surface area contributed by atoms with Crippen LogP contribution in [0.5, 0.6) is 0 Å². The zero-order valence-corrected chi connectivity index (χ0v) is 27.1. The number of aliphatic hydroxyl groups excluding tert-OH is 1. The normalized spacial score (nSPS) is 13.1. The molecule has 0 amide bonds. The van der Waals surface area contributed by atoms with Crippen LogP contribution in [0.4, 0.5) is 0 Å². The van der Waals surface area contributed by atoms with E-state index in [4.69, 9.17) is 4.74 Å². The van der Waals surface area contributed by atoms with Crippen LogP contribution in [-0.2, 0) is 14.3 Å². The molecule has 1 N–H and O–H groups in total. The Morgan fingerprint density at radius 3 is 1.60 bits per heavy atom. The number of ketones is 1. The lowest BCUT2D eigenvalue weighted by molar-refractivity contribution is -0.152. The minimum Gasteiger partial charge on any atom is -0.465 e. The standard InChI is InChI=1S/C36H68O4/c1-4-6-8-10-11-12-13-14-15-16-17-21-24-28-32-40-36(39)35(33(3)37)31-27-23-20-18-19-22-26-30-34(38)29-25-9-7-5-2/h22,26,34-35,38H,4-21,23-25,27-32H2,1-3H3/b26-22-/t34-,35?/m1/s1. The van der Waals surface area contributed by atoms with Gasteiger partial charge in [-0.3, -0.25) is 9.59 Å². The van der Waals surface area contributed by atoms with Crippen molar-refractivity contribution >= 4 is 11.8 Å². The van der Waals surface area contributed by atoms with Crippen molar-refractivity contribution in [1.29, 1.82) is 0 Å². The number of esters is 1. The van der Waals surface area contributed by atoms with Crippen LogP contribution in [0.3, 0.4) is 0 Å². The number of rotatable bonds is 31. The summed E-state index contributed by atoms with van der Waals surface area (Å²) in [5.41, 5.74) is 0. The fraction of sp³-hybridized carbons (Fsp3) is 0.889. The van der Waals surface area contributed by atoms with E-state index in [1.165, 1.54) is 103 Å². The highest BCUT2D eigenvalue weighted by molar-refractivity contribution is 5.97. The van der Waals surface area contributed by atoms with Gasteiger partial charge in [-0.15, -0.1) is 0 Å². The van der Waals surface area contributed by atoms with Gasteiger partial charge in [-0.2, -0.15) is 0 Å². The summed E-state index contributed by atoms with van der Waals surface area (Å²) in [4.78, 5) is 24.4. The maximum Gasteiger partial charge on any atom is 0.316 e. The fourth-order valence-electron chi connectivity index (χ4n) is 5.32. The summed E-state index contributed by atoms with van der Waals surface area (Å²) in [5.74, 6) is -0.981. The van der Waals surface area contributed by atoms with E-state index in [-0.39, 0.29) is 17.9 Å². The Balaban J connectivity index is 3.65. The quantitative estimate of drug-likeness (QED) is 0.0393. The van der Waals surface area contributed by atoms with Gasteiger partial charge in [-0.05, 0) is 45.4 Å². The molecule has 236 valence electrons. The molecule has 0 bridgehead atoms. The van der Waals surface area contributed by atoms with Gasteiger partial charge in [0.25, 0.3) is 0 Å². The second-order valence-electron chi connectivity index (χ2n) is 12.1. The molecule has 0 heterocycles. The maximum atomic E-state index is 12.4. The first-order valence-electron chi connectivity index (χ1n) is 17.5. The third kappa shape index (κ3) is 27.0. The molecule has 0 aliphatic rings. The maximum absolute atomic E-state index is 12.4. The first-order chi connectivity index (χ1) is 19.5. The van der Waals surface area contributed by atoms with E-state index in [0.717, 1.165) is 64.2 Å². The van der Waals surface area contributed by atoms with Crippen LogP contribution in [0.15, 0.2) is 12.2 Å². The average Bonchev–Trinajstić information content (AvgIpc) is 2.94. The third-order valence-corrected chi connectivity index (χ3v) is 8.10. The minimum absolute atomic E-state index is 0.0675. The summed E-state index contributed by atoms with van der Waals surface area (Å²) in [6.07, 6.45) is 34.6. The van der Waals surface area contributed by atoms with Crippen LogP contribution < -0.4 is 0 Å². The molecule has 0 rings (SSSR count). The Bertz CT molecular complexity index is 585. The number of hydrogen-bond acceptors (Lipinski definition) is 4. The predicted octanol–water partition coefficient (Wildman–Crippen LogP) is 10.8. The lowest BCUT2D eigenvalue weighted by Gasteiger charge is -2.13. The minimum atomic E-state index is -0.592. The van der Waals surface area contributed by atoms with Gasteiger partial charge in [0.05, 0.1) is 12.7 Å². The number of unbranched alkanes of at least 4 members (excludes halogenated alkanes) is 20. The highest BCUT2D eigenvalue weighted by Crippen LogP contribution is 2.16. The fourth-order valence-corrected chi connectivity index (χ4v) is 5.32. The largest absolute Gasteiger partial charge is 0.465 e. The number of ether oxygens (including phenoxy) is 1. The van der Waals surface area contributed by atoms with Crippen molar-refractivity contribution < 1.29 is 19.4 Å². The molecule has 2 atom stereocenters. The van der Waals surface area contributed by atoms with Crippen molar-refractivity contribution in [2.24, 2.45) is 5.92 Å². The zero-order valence-electron chi connectivity index (χ0n) is 27.1. The second-order valence-corrected chi connectivity index (χ2v) is 12.1.